The molecule has 1 fully saturated rings. The fourth-order valence-corrected chi connectivity index (χ4v) is 4.90. The third-order valence-electron chi connectivity index (χ3n) is 4.51. The van der Waals surface area contributed by atoms with Crippen molar-refractivity contribution in [3.05, 3.63) is 61.4 Å². The first-order chi connectivity index (χ1) is 15.4. The molecule has 0 N–H and O–H groups in total. The molecular weight excluding hydrogens is 491 g/mol. The van der Waals surface area contributed by atoms with Crippen molar-refractivity contribution in [2.45, 2.75) is 27.4 Å². The Morgan fingerprint density at radius 2 is 1.84 bits per heavy atom. The maximum Gasteiger partial charge on any atom is 0.266 e. The highest BCUT2D eigenvalue weighted by molar-refractivity contribution is 8.18. The van der Waals surface area contributed by atoms with E-state index in [0.717, 1.165) is 11.1 Å². The van der Waals surface area contributed by atoms with Crippen LogP contribution in [0.1, 0.15) is 31.9 Å². The Morgan fingerprint density at radius 3 is 2.50 bits per heavy atom. The van der Waals surface area contributed by atoms with Gasteiger partial charge in [-0.15, -0.1) is 0 Å². The van der Waals surface area contributed by atoms with E-state index in [2.05, 4.69) is 4.99 Å². The van der Waals surface area contributed by atoms with E-state index >= 15 is 0 Å². The number of likely N-dealkylation sites (N-methyl/N-ethyl adjacent to an activating group) is 1. The first kappa shape index (κ1) is 24.8. The van der Waals surface area contributed by atoms with Crippen LogP contribution in [0.25, 0.3) is 6.08 Å². The molecule has 1 amide bonds. The summed E-state index contributed by atoms with van der Waals surface area (Å²) in [6.07, 6.45) is 1.79. The SMILES string of the molecule is CCN=C1S/C(=C/c2cc(Cl)c(OCc3ccc(Cl)cc3Cl)c(OCC)c2)C(=O)N1CC. The number of nitrogens with zero attached hydrogens (tertiary/aromatic N) is 2. The molecule has 0 atom stereocenters. The van der Waals surface area contributed by atoms with E-state index in [9.17, 15) is 4.79 Å². The molecule has 3 rings (SSSR count). The van der Waals surface area contributed by atoms with Gasteiger partial charge < -0.3 is 9.47 Å². The summed E-state index contributed by atoms with van der Waals surface area (Å²) in [5.74, 6) is 0.828. The van der Waals surface area contributed by atoms with Gasteiger partial charge in [-0.3, -0.25) is 14.7 Å². The molecule has 1 aliphatic rings. The minimum absolute atomic E-state index is 0.0727. The number of hydrogen-bond acceptors (Lipinski definition) is 5. The number of amides is 1. The van der Waals surface area contributed by atoms with E-state index in [1.165, 1.54) is 11.8 Å². The van der Waals surface area contributed by atoms with Crippen molar-refractivity contribution in [3.63, 3.8) is 0 Å². The predicted octanol–water partition coefficient (Wildman–Crippen LogP) is 6.94. The van der Waals surface area contributed by atoms with Crippen molar-refractivity contribution in [1.82, 2.24) is 4.90 Å². The van der Waals surface area contributed by atoms with Crippen molar-refractivity contribution >= 4 is 63.7 Å². The molecule has 0 saturated carbocycles. The lowest BCUT2D eigenvalue weighted by atomic mass is 10.1. The number of hydrogen-bond donors (Lipinski definition) is 0. The molecule has 170 valence electrons. The summed E-state index contributed by atoms with van der Waals surface area (Å²) >= 11 is 20.1. The van der Waals surface area contributed by atoms with Gasteiger partial charge in [-0.05, 0) is 68.4 Å². The molecule has 32 heavy (non-hydrogen) atoms. The molecule has 5 nitrogen and oxygen atoms in total. The van der Waals surface area contributed by atoms with E-state index in [-0.39, 0.29) is 12.5 Å². The smallest absolute Gasteiger partial charge is 0.266 e. The molecule has 0 aromatic heterocycles. The number of aliphatic imine (C=N–C) groups is 1. The van der Waals surface area contributed by atoms with Crippen LogP contribution in [-0.4, -0.2) is 35.7 Å². The van der Waals surface area contributed by atoms with Crippen LogP contribution < -0.4 is 9.47 Å². The van der Waals surface area contributed by atoms with E-state index in [1.807, 2.05) is 20.8 Å². The Balaban J connectivity index is 1.89. The first-order valence-corrected chi connectivity index (χ1v) is 12.1. The summed E-state index contributed by atoms with van der Waals surface area (Å²) in [6.45, 7) is 7.55. The number of thioether (sulfide) groups is 1. The second kappa shape index (κ2) is 11.3. The Morgan fingerprint density at radius 1 is 1.06 bits per heavy atom. The lowest BCUT2D eigenvalue weighted by Gasteiger charge is -2.15. The number of carbonyl (C=O) groups is 1. The highest BCUT2D eigenvalue weighted by atomic mass is 35.5. The number of amidine groups is 1. The predicted molar refractivity (Wildman–Crippen MR) is 134 cm³/mol. The standard InChI is InChI=1S/C23H23Cl3N2O3S/c1-4-27-23-28(5-2)22(29)20(32-23)11-14-9-18(26)21(19(10-14)30-6-3)31-13-15-7-8-16(24)12-17(15)25/h7-12H,4-6,13H2,1-3H3/b20-11+,27-23?. The van der Waals surface area contributed by atoms with Gasteiger partial charge in [0.25, 0.3) is 5.91 Å². The maximum atomic E-state index is 12.7. The Bertz CT molecular complexity index is 1070. The van der Waals surface area contributed by atoms with E-state index in [4.69, 9.17) is 44.3 Å². The van der Waals surface area contributed by atoms with Crippen molar-refractivity contribution in [2.24, 2.45) is 4.99 Å². The molecule has 0 bridgehead atoms. The van der Waals surface area contributed by atoms with Crippen LogP contribution in [-0.2, 0) is 11.4 Å². The average Bonchev–Trinajstić information content (AvgIpc) is 3.03. The molecule has 0 unspecified atom stereocenters. The van der Waals surface area contributed by atoms with Crippen LogP contribution in [0.5, 0.6) is 11.5 Å². The molecular formula is C23H23Cl3N2O3S. The molecule has 1 saturated heterocycles. The Labute approximate surface area is 207 Å². The zero-order valence-corrected chi connectivity index (χ0v) is 21.0. The molecule has 1 aliphatic heterocycles. The molecule has 0 radical (unpaired) electrons. The highest BCUT2D eigenvalue weighted by Crippen LogP contribution is 2.40. The van der Waals surface area contributed by atoms with Crippen LogP contribution in [0.4, 0.5) is 0 Å². The maximum absolute atomic E-state index is 12.7. The second-order valence-electron chi connectivity index (χ2n) is 6.70. The second-order valence-corrected chi connectivity index (χ2v) is 8.96. The van der Waals surface area contributed by atoms with Gasteiger partial charge in [-0.2, -0.15) is 0 Å². The lowest BCUT2D eigenvalue weighted by molar-refractivity contribution is -0.122. The van der Waals surface area contributed by atoms with Gasteiger partial charge in [-0.1, -0.05) is 40.9 Å². The molecule has 0 aliphatic carbocycles. The summed E-state index contributed by atoms with van der Waals surface area (Å²) in [5, 5.41) is 2.15. The van der Waals surface area contributed by atoms with Gasteiger partial charge in [0.15, 0.2) is 16.7 Å². The minimum atomic E-state index is -0.0727. The zero-order chi connectivity index (χ0) is 23.3. The van der Waals surface area contributed by atoms with E-state index < -0.39 is 0 Å². The van der Waals surface area contributed by atoms with Gasteiger partial charge in [0, 0.05) is 28.7 Å². The molecule has 0 spiro atoms. The largest absolute Gasteiger partial charge is 0.490 e. The molecule has 2 aromatic rings. The van der Waals surface area contributed by atoms with Gasteiger partial charge in [0.1, 0.15) is 6.61 Å². The average molecular weight is 514 g/mol. The van der Waals surface area contributed by atoms with Crippen LogP contribution in [0, 0.1) is 0 Å². The first-order valence-electron chi connectivity index (χ1n) is 10.2. The quantitative estimate of drug-likeness (QED) is 0.359. The number of carbonyl (C=O) groups excluding carboxylic acids is 1. The Hall–Kier alpha value is -1.86. The third kappa shape index (κ3) is 5.73. The van der Waals surface area contributed by atoms with Crippen LogP contribution in [0.15, 0.2) is 40.2 Å². The summed E-state index contributed by atoms with van der Waals surface area (Å²) < 4.78 is 11.7. The Kier molecular flexibility index (Phi) is 8.77. The normalized spacial score (nSPS) is 16.3. The number of rotatable bonds is 8. The van der Waals surface area contributed by atoms with Crippen molar-refractivity contribution in [2.75, 3.05) is 19.7 Å². The van der Waals surface area contributed by atoms with Crippen LogP contribution >= 0.6 is 46.6 Å². The van der Waals surface area contributed by atoms with Gasteiger partial charge in [0.05, 0.1) is 16.5 Å². The summed E-state index contributed by atoms with van der Waals surface area (Å²) in [7, 11) is 0. The summed E-state index contributed by atoms with van der Waals surface area (Å²) in [5.41, 5.74) is 1.51. The minimum Gasteiger partial charge on any atom is -0.490 e. The van der Waals surface area contributed by atoms with E-state index in [1.54, 1.807) is 41.3 Å². The van der Waals surface area contributed by atoms with Crippen molar-refractivity contribution in [3.8, 4) is 11.5 Å². The van der Waals surface area contributed by atoms with Gasteiger partial charge in [-0.25, -0.2) is 0 Å². The summed E-state index contributed by atoms with van der Waals surface area (Å²) in [6, 6.07) is 8.76. The van der Waals surface area contributed by atoms with Gasteiger partial charge >= 0.3 is 0 Å². The zero-order valence-electron chi connectivity index (χ0n) is 18.0. The highest BCUT2D eigenvalue weighted by Gasteiger charge is 2.32. The monoisotopic (exact) mass is 512 g/mol. The fraction of sp³-hybridized carbons (Fsp3) is 0.304. The molecule has 9 heteroatoms. The van der Waals surface area contributed by atoms with E-state index in [0.29, 0.717) is 56.3 Å². The van der Waals surface area contributed by atoms with Crippen LogP contribution in [0.2, 0.25) is 15.1 Å². The number of ether oxygens (including phenoxy) is 2. The van der Waals surface area contributed by atoms with Gasteiger partial charge in [0.2, 0.25) is 0 Å². The third-order valence-corrected chi connectivity index (χ3v) is 6.43. The van der Waals surface area contributed by atoms with Crippen LogP contribution in [0.3, 0.4) is 0 Å². The number of halogens is 3. The number of benzene rings is 2. The topological polar surface area (TPSA) is 51.1 Å². The molecule has 2 aromatic carbocycles. The fourth-order valence-electron chi connectivity index (χ4n) is 3.05. The summed E-state index contributed by atoms with van der Waals surface area (Å²) in [4.78, 5) is 19.4. The van der Waals surface area contributed by atoms with Crippen molar-refractivity contribution in [1.29, 1.82) is 0 Å². The molecule has 1 heterocycles. The van der Waals surface area contributed by atoms with Crippen molar-refractivity contribution < 1.29 is 14.3 Å². The lowest BCUT2D eigenvalue weighted by Crippen LogP contribution is -2.28.